The highest BCUT2D eigenvalue weighted by atomic mass is 32.2. The second-order valence-corrected chi connectivity index (χ2v) is 10.1. The van der Waals surface area contributed by atoms with E-state index in [2.05, 4.69) is 10.2 Å². The Morgan fingerprint density at radius 2 is 1.82 bits per heavy atom. The van der Waals surface area contributed by atoms with Gasteiger partial charge in [0, 0.05) is 24.0 Å². The van der Waals surface area contributed by atoms with E-state index in [1.54, 1.807) is 24.3 Å². The third-order valence-corrected chi connectivity index (χ3v) is 7.84. The lowest BCUT2D eigenvalue weighted by molar-refractivity contribution is 0.0730. The van der Waals surface area contributed by atoms with E-state index in [1.807, 2.05) is 18.2 Å². The number of benzene rings is 2. The van der Waals surface area contributed by atoms with Crippen LogP contribution in [0.4, 0.5) is 0 Å². The number of Topliss-reactive ketones (excluding diaryl/α,β-unsaturated/α-hetero) is 1. The van der Waals surface area contributed by atoms with E-state index < -0.39 is 10.0 Å². The number of ether oxygens (including phenoxy) is 1. The maximum Gasteiger partial charge on any atom is 0.277 e. The largest absolute Gasteiger partial charge is 0.453 e. The van der Waals surface area contributed by atoms with Gasteiger partial charge >= 0.3 is 0 Å². The minimum atomic E-state index is -3.65. The van der Waals surface area contributed by atoms with Crippen LogP contribution in [0.3, 0.4) is 0 Å². The zero-order valence-corrected chi connectivity index (χ0v) is 19.0. The van der Waals surface area contributed by atoms with Crippen molar-refractivity contribution < 1.29 is 26.8 Å². The van der Waals surface area contributed by atoms with E-state index in [0.29, 0.717) is 37.4 Å². The summed E-state index contributed by atoms with van der Waals surface area (Å²) in [7, 11) is -3.65. The summed E-state index contributed by atoms with van der Waals surface area (Å²) in [5.41, 5.74) is 1.13. The topological polar surface area (TPSA) is 116 Å². The molecule has 2 aromatic carbocycles. The van der Waals surface area contributed by atoms with Gasteiger partial charge in [0.2, 0.25) is 21.7 Å². The van der Waals surface area contributed by atoms with Crippen molar-refractivity contribution in [2.75, 3.05) is 32.1 Å². The van der Waals surface area contributed by atoms with Crippen LogP contribution in [0, 0.1) is 0 Å². The van der Waals surface area contributed by atoms with Crippen LogP contribution >= 0.6 is 11.8 Å². The maximum absolute atomic E-state index is 12.9. The van der Waals surface area contributed by atoms with Gasteiger partial charge in [0.15, 0.2) is 5.76 Å². The van der Waals surface area contributed by atoms with Crippen LogP contribution in [0.2, 0.25) is 0 Å². The van der Waals surface area contributed by atoms with Crippen molar-refractivity contribution in [2.24, 2.45) is 0 Å². The van der Waals surface area contributed by atoms with Crippen molar-refractivity contribution >= 4 is 38.5 Å². The number of hydrogen-bond donors (Lipinski definition) is 0. The Hall–Kier alpha value is -2.99. The summed E-state index contributed by atoms with van der Waals surface area (Å²) in [6, 6.07) is 15.5. The third kappa shape index (κ3) is 4.58. The van der Waals surface area contributed by atoms with Crippen molar-refractivity contribution in [1.82, 2.24) is 14.5 Å². The molecular formula is C22H19N3O6S2. The van der Waals surface area contributed by atoms with Crippen LogP contribution in [0.5, 0.6) is 0 Å². The number of para-hydroxylation sites is 1. The van der Waals surface area contributed by atoms with Gasteiger partial charge in [-0.3, -0.25) is 4.79 Å². The lowest BCUT2D eigenvalue weighted by atomic mass is 10.2. The highest BCUT2D eigenvalue weighted by Gasteiger charge is 2.27. The summed E-state index contributed by atoms with van der Waals surface area (Å²) in [6.07, 6.45) is 0. The second-order valence-electron chi connectivity index (χ2n) is 7.28. The minimum absolute atomic E-state index is 0.0624. The van der Waals surface area contributed by atoms with Gasteiger partial charge < -0.3 is 13.6 Å². The fraction of sp³-hybridized carbons (Fsp3) is 0.227. The molecule has 0 amide bonds. The Labute approximate surface area is 193 Å². The molecule has 3 heterocycles. The number of furan rings is 1. The first-order chi connectivity index (χ1) is 16.0. The summed E-state index contributed by atoms with van der Waals surface area (Å²) < 4.78 is 43.7. The summed E-state index contributed by atoms with van der Waals surface area (Å²) in [5, 5.41) is 9.04. The molecule has 0 bridgehead atoms. The van der Waals surface area contributed by atoms with Crippen LogP contribution < -0.4 is 0 Å². The molecule has 0 N–H and O–H groups in total. The smallest absolute Gasteiger partial charge is 0.277 e. The zero-order chi connectivity index (χ0) is 22.8. The molecule has 1 fully saturated rings. The van der Waals surface area contributed by atoms with Crippen molar-refractivity contribution in [1.29, 1.82) is 0 Å². The van der Waals surface area contributed by atoms with Gasteiger partial charge in [-0.25, -0.2) is 8.42 Å². The van der Waals surface area contributed by atoms with Crippen LogP contribution in [0.15, 0.2) is 73.5 Å². The van der Waals surface area contributed by atoms with E-state index in [4.69, 9.17) is 13.6 Å². The highest BCUT2D eigenvalue weighted by Crippen LogP contribution is 2.27. The average molecular weight is 486 g/mol. The standard InChI is InChI=1S/C22H19N3O6S2/c26-18(20-13-15-4-1-2-7-19(15)30-20)14-32-22-24-23-21(31-22)16-5-3-6-17(12-16)33(27,28)25-8-10-29-11-9-25/h1-7,12-13H,8-11,14H2. The Morgan fingerprint density at radius 1 is 1.00 bits per heavy atom. The number of rotatable bonds is 7. The normalized spacial score (nSPS) is 15.2. The number of thioether (sulfide) groups is 1. The molecule has 0 saturated carbocycles. The number of morpholine rings is 1. The molecule has 33 heavy (non-hydrogen) atoms. The lowest BCUT2D eigenvalue weighted by Crippen LogP contribution is -2.40. The molecule has 5 rings (SSSR count). The van der Waals surface area contributed by atoms with Gasteiger partial charge in [0.1, 0.15) is 5.58 Å². The quantitative estimate of drug-likeness (QED) is 0.286. The zero-order valence-electron chi connectivity index (χ0n) is 17.3. The molecule has 0 unspecified atom stereocenters. The maximum atomic E-state index is 12.9. The van der Waals surface area contributed by atoms with Gasteiger partial charge in [-0.15, -0.1) is 10.2 Å². The third-order valence-electron chi connectivity index (χ3n) is 5.12. The first kappa shape index (κ1) is 21.8. The van der Waals surface area contributed by atoms with E-state index >= 15 is 0 Å². The Morgan fingerprint density at radius 3 is 2.64 bits per heavy atom. The predicted octanol–water partition coefficient (Wildman–Crippen LogP) is 3.48. The number of aromatic nitrogens is 2. The fourth-order valence-electron chi connectivity index (χ4n) is 3.43. The summed E-state index contributed by atoms with van der Waals surface area (Å²) in [6.45, 7) is 1.37. The molecule has 1 aliphatic heterocycles. The molecule has 0 aliphatic carbocycles. The van der Waals surface area contributed by atoms with Crippen molar-refractivity contribution in [3.8, 4) is 11.5 Å². The van der Waals surface area contributed by atoms with Gasteiger partial charge in [-0.1, -0.05) is 36.0 Å². The molecule has 2 aromatic heterocycles. The number of hydrogen-bond acceptors (Lipinski definition) is 9. The van der Waals surface area contributed by atoms with E-state index in [1.165, 1.54) is 16.4 Å². The average Bonchev–Trinajstić information content (AvgIpc) is 3.50. The number of fused-ring (bicyclic) bond motifs is 1. The second kappa shape index (κ2) is 9.10. The summed E-state index contributed by atoms with van der Waals surface area (Å²) in [4.78, 5) is 12.6. The first-order valence-corrected chi connectivity index (χ1v) is 12.6. The number of carbonyl (C=O) groups excluding carboxylic acids is 1. The molecule has 0 spiro atoms. The van der Waals surface area contributed by atoms with E-state index in [-0.39, 0.29) is 33.3 Å². The number of carbonyl (C=O) groups is 1. The molecule has 0 radical (unpaired) electrons. The minimum Gasteiger partial charge on any atom is -0.453 e. The van der Waals surface area contributed by atoms with E-state index in [9.17, 15) is 13.2 Å². The van der Waals surface area contributed by atoms with E-state index in [0.717, 1.165) is 17.1 Å². The van der Waals surface area contributed by atoms with Crippen LogP contribution in [0.1, 0.15) is 10.6 Å². The Kier molecular flexibility index (Phi) is 6.02. The highest BCUT2D eigenvalue weighted by molar-refractivity contribution is 7.99. The van der Waals surface area contributed by atoms with Gasteiger partial charge in [0.25, 0.3) is 5.22 Å². The number of nitrogens with zero attached hydrogens (tertiary/aromatic N) is 3. The van der Waals surface area contributed by atoms with Crippen molar-refractivity contribution in [3.05, 3.63) is 60.4 Å². The Balaban J connectivity index is 1.28. The molecule has 11 heteroatoms. The van der Waals surface area contributed by atoms with Gasteiger partial charge in [-0.05, 0) is 30.3 Å². The summed E-state index contributed by atoms with van der Waals surface area (Å²) >= 11 is 1.09. The number of sulfonamides is 1. The number of ketones is 1. The first-order valence-electron chi connectivity index (χ1n) is 10.2. The van der Waals surface area contributed by atoms with Gasteiger partial charge in [0.05, 0.1) is 23.9 Å². The fourth-order valence-corrected chi connectivity index (χ4v) is 5.52. The van der Waals surface area contributed by atoms with Crippen molar-refractivity contribution in [3.63, 3.8) is 0 Å². The Bertz CT molecular complexity index is 1370. The van der Waals surface area contributed by atoms with Crippen molar-refractivity contribution in [2.45, 2.75) is 10.1 Å². The van der Waals surface area contributed by atoms with Crippen LogP contribution in [-0.4, -0.2) is 60.8 Å². The molecule has 1 aliphatic rings. The molecule has 170 valence electrons. The molecule has 4 aromatic rings. The molecule has 1 saturated heterocycles. The molecule has 9 nitrogen and oxygen atoms in total. The van der Waals surface area contributed by atoms with Crippen LogP contribution in [-0.2, 0) is 14.8 Å². The van der Waals surface area contributed by atoms with Gasteiger partial charge in [-0.2, -0.15) is 4.31 Å². The predicted molar refractivity (Wildman–Crippen MR) is 121 cm³/mol. The molecular weight excluding hydrogens is 466 g/mol. The molecule has 0 atom stereocenters. The SMILES string of the molecule is O=C(CSc1nnc(-c2cccc(S(=O)(=O)N3CCOCC3)c2)o1)c1cc2ccccc2o1. The lowest BCUT2D eigenvalue weighted by Gasteiger charge is -2.26. The monoisotopic (exact) mass is 485 g/mol. The summed E-state index contributed by atoms with van der Waals surface area (Å²) in [5.74, 6) is 0.305. The van der Waals surface area contributed by atoms with Crippen LogP contribution in [0.25, 0.3) is 22.4 Å².